The van der Waals surface area contributed by atoms with Crippen molar-refractivity contribution in [1.82, 2.24) is 0 Å². The fourth-order valence-corrected chi connectivity index (χ4v) is 2.82. The first kappa shape index (κ1) is 20.4. The van der Waals surface area contributed by atoms with Crippen LogP contribution >= 0.6 is 0 Å². The van der Waals surface area contributed by atoms with Gasteiger partial charge >= 0.3 is 5.97 Å². The molecule has 0 saturated carbocycles. The van der Waals surface area contributed by atoms with Gasteiger partial charge in [-0.15, -0.1) is 0 Å². The Kier molecular flexibility index (Phi) is 7.34. The minimum absolute atomic E-state index is 0.101. The highest BCUT2D eigenvalue weighted by molar-refractivity contribution is 5.71. The largest absolute Gasteiger partial charge is 0.504 e. The Morgan fingerprint density at radius 2 is 1.70 bits per heavy atom. The molecule has 27 heavy (non-hydrogen) atoms. The van der Waals surface area contributed by atoms with E-state index in [9.17, 15) is 4.79 Å². The van der Waals surface area contributed by atoms with Gasteiger partial charge in [0.15, 0.2) is 23.0 Å². The van der Waals surface area contributed by atoms with E-state index in [0.29, 0.717) is 18.8 Å². The molecule has 2 aromatic carbocycles. The maximum absolute atomic E-state index is 11.0. The average Bonchev–Trinajstić information content (AvgIpc) is 3.08. The van der Waals surface area contributed by atoms with Crippen molar-refractivity contribution in [3.05, 3.63) is 47.5 Å². The van der Waals surface area contributed by atoms with Crippen LogP contribution in [-0.4, -0.2) is 39.0 Å². The number of hydrogen-bond acceptors (Lipinski definition) is 6. The number of aromatic hydroxyl groups is 1. The third-order valence-corrected chi connectivity index (χ3v) is 4.24. The van der Waals surface area contributed by atoms with Crippen LogP contribution in [0.4, 0.5) is 0 Å². The summed E-state index contributed by atoms with van der Waals surface area (Å²) in [5, 5.41) is 9.11. The van der Waals surface area contributed by atoms with Crippen LogP contribution in [0.15, 0.2) is 36.4 Å². The second-order valence-electron chi connectivity index (χ2n) is 6.32. The van der Waals surface area contributed by atoms with Gasteiger partial charge in [0.05, 0.1) is 34.4 Å². The van der Waals surface area contributed by atoms with Crippen LogP contribution in [0.5, 0.6) is 23.0 Å². The smallest absolute Gasteiger partial charge is 0.306 e. The van der Waals surface area contributed by atoms with Crippen LogP contribution in [0, 0.1) is 12.8 Å². The van der Waals surface area contributed by atoms with Gasteiger partial charge in [0.2, 0.25) is 0 Å². The lowest BCUT2D eigenvalue weighted by Gasteiger charge is -2.11. The van der Waals surface area contributed by atoms with E-state index >= 15 is 0 Å². The molecule has 1 fully saturated rings. The zero-order chi connectivity index (χ0) is 19.8. The molecule has 0 radical (unpaired) electrons. The van der Waals surface area contributed by atoms with Crippen LogP contribution in [-0.2, 0) is 16.0 Å². The maximum atomic E-state index is 11.0. The number of hydrogen-bond donors (Lipinski definition) is 1. The third-order valence-electron chi connectivity index (χ3n) is 4.24. The molecule has 6 nitrogen and oxygen atoms in total. The highest BCUT2D eigenvalue weighted by atomic mass is 16.5. The lowest BCUT2D eigenvalue weighted by atomic mass is 9.98. The number of rotatable bonds is 5. The molecule has 2 aromatic rings. The van der Waals surface area contributed by atoms with E-state index in [4.69, 9.17) is 24.1 Å². The fraction of sp³-hybridized carbons (Fsp3) is 0.381. The summed E-state index contributed by atoms with van der Waals surface area (Å²) in [5.74, 6) is 2.33. The minimum Gasteiger partial charge on any atom is -0.504 e. The zero-order valence-corrected chi connectivity index (χ0v) is 16.2. The molecule has 146 valence electrons. The molecule has 1 aliphatic heterocycles. The zero-order valence-electron chi connectivity index (χ0n) is 16.2. The molecule has 1 atom stereocenters. The number of aryl methyl sites for hydroxylation is 1. The Bertz CT molecular complexity index is 771. The van der Waals surface area contributed by atoms with E-state index < -0.39 is 0 Å². The van der Waals surface area contributed by atoms with Gasteiger partial charge in [-0.25, -0.2) is 0 Å². The molecule has 6 heteroatoms. The Hall–Kier alpha value is -2.89. The predicted octanol–water partition coefficient (Wildman–Crippen LogP) is 3.52. The van der Waals surface area contributed by atoms with E-state index in [1.807, 2.05) is 31.2 Å². The van der Waals surface area contributed by atoms with E-state index in [-0.39, 0.29) is 17.6 Å². The summed E-state index contributed by atoms with van der Waals surface area (Å²) >= 11 is 0. The molecular formula is C21H26O6. The van der Waals surface area contributed by atoms with Gasteiger partial charge in [0.25, 0.3) is 0 Å². The summed E-state index contributed by atoms with van der Waals surface area (Å²) in [5.41, 5.74) is 2.21. The van der Waals surface area contributed by atoms with Crippen molar-refractivity contribution >= 4 is 5.97 Å². The van der Waals surface area contributed by atoms with Crippen molar-refractivity contribution in [1.29, 1.82) is 0 Å². The van der Waals surface area contributed by atoms with Crippen molar-refractivity contribution in [2.45, 2.75) is 19.8 Å². The van der Waals surface area contributed by atoms with Crippen LogP contribution in [0.2, 0.25) is 0 Å². The summed E-state index contributed by atoms with van der Waals surface area (Å²) in [7, 11) is 4.76. The van der Waals surface area contributed by atoms with Gasteiger partial charge in [-0.1, -0.05) is 12.1 Å². The monoisotopic (exact) mass is 374 g/mol. The summed E-state index contributed by atoms with van der Waals surface area (Å²) in [4.78, 5) is 11.0. The second-order valence-corrected chi connectivity index (χ2v) is 6.32. The standard InChI is InChI=1S/C13H16O4.C8H10O2/c1-15-11-4-3-9(6-12(11)16-2)5-10-7-13(14)17-8-10;1-6-3-4-7(9)8(5-6)10-2/h3-4,6,10H,5,7-8H2,1-2H3;3-5,9H,1-2H3. The molecule has 0 spiro atoms. The van der Waals surface area contributed by atoms with Gasteiger partial charge < -0.3 is 24.1 Å². The van der Waals surface area contributed by atoms with Crippen LogP contribution in [0.3, 0.4) is 0 Å². The summed E-state index contributed by atoms with van der Waals surface area (Å²) in [6, 6.07) is 11.1. The highest BCUT2D eigenvalue weighted by Crippen LogP contribution is 2.29. The number of cyclic esters (lactones) is 1. The lowest BCUT2D eigenvalue weighted by Crippen LogP contribution is -2.04. The number of methoxy groups -OCH3 is 3. The molecule has 1 heterocycles. The molecule has 0 aromatic heterocycles. The number of benzene rings is 2. The number of phenols is 1. The number of carbonyl (C=O) groups is 1. The van der Waals surface area contributed by atoms with E-state index in [1.165, 1.54) is 7.11 Å². The number of esters is 1. The molecule has 1 aliphatic rings. The third kappa shape index (κ3) is 5.81. The first-order chi connectivity index (χ1) is 13.0. The van der Waals surface area contributed by atoms with Gasteiger partial charge in [0, 0.05) is 5.92 Å². The fourth-order valence-electron chi connectivity index (χ4n) is 2.82. The number of carbonyl (C=O) groups excluding carboxylic acids is 1. The molecule has 3 rings (SSSR count). The van der Waals surface area contributed by atoms with Gasteiger partial charge in [-0.3, -0.25) is 4.79 Å². The lowest BCUT2D eigenvalue weighted by molar-refractivity contribution is -0.137. The van der Waals surface area contributed by atoms with Crippen LogP contribution in [0.1, 0.15) is 17.5 Å². The number of phenolic OH excluding ortho intramolecular Hbond substituents is 1. The van der Waals surface area contributed by atoms with Crippen molar-refractivity contribution < 1.29 is 28.8 Å². The summed E-state index contributed by atoms with van der Waals surface area (Å²) in [6.07, 6.45) is 1.33. The molecule has 0 amide bonds. The Labute approximate surface area is 159 Å². The Morgan fingerprint density at radius 3 is 2.26 bits per heavy atom. The molecule has 1 saturated heterocycles. The maximum Gasteiger partial charge on any atom is 0.306 e. The van der Waals surface area contributed by atoms with Crippen molar-refractivity contribution in [2.24, 2.45) is 5.92 Å². The molecule has 0 bridgehead atoms. The van der Waals surface area contributed by atoms with Gasteiger partial charge in [0.1, 0.15) is 0 Å². The minimum atomic E-state index is -0.101. The van der Waals surface area contributed by atoms with Crippen molar-refractivity contribution in [3.8, 4) is 23.0 Å². The van der Waals surface area contributed by atoms with Crippen molar-refractivity contribution in [3.63, 3.8) is 0 Å². The molecular weight excluding hydrogens is 348 g/mol. The van der Waals surface area contributed by atoms with E-state index in [2.05, 4.69) is 0 Å². The second kappa shape index (κ2) is 9.71. The summed E-state index contributed by atoms with van der Waals surface area (Å²) < 4.78 is 20.2. The number of ether oxygens (including phenoxy) is 4. The highest BCUT2D eigenvalue weighted by Gasteiger charge is 2.24. The topological polar surface area (TPSA) is 74.2 Å². The molecule has 1 unspecified atom stereocenters. The molecule has 0 aliphatic carbocycles. The van der Waals surface area contributed by atoms with Crippen LogP contribution in [0.25, 0.3) is 0 Å². The Balaban J connectivity index is 0.000000223. The molecule has 1 N–H and O–H groups in total. The first-order valence-electron chi connectivity index (χ1n) is 8.67. The average molecular weight is 374 g/mol. The Morgan fingerprint density at radius 1 is 1.00 bits per heavy atom. The van der Waals surface area contributed by atoms with Gasteiger partial charge in [-0.05, 0) is 48.7 Å². The SMILES string of the molecule is COc1cc(C)ccc1O.COc1ccc(CC2COC(=O)C2)cc1OC. The normalized spacial score (nSPS) is 15.4. The van der Waals surface area contributed by atoms with E-state index in [1.54, 1.807) is 26.4 Å². The van der Waals surface area contributed by atoms with Gasteiger partial charge in [-0.2, -0.15) is 0 Å². The van der Waals surface area contributed by atoms with Crippen molar-refractivity contribution in [2.75, 3.05) is 27.9 Å². The first-order valence-corrected chi connectivity index (χ1v) is 8.67. The summed E-state index contributed by atoms with van der Waals surface area (Å²) in [6.45, 7) is 2.47. The van der Waals surface area contributed by atoms with Crippen LogP contribution < -0.4 is 14.2 Å². The predicted molar refractivity (Wildman–Crippen MR) is 102 cm³/mol. The van der Waals surface area contributed by atoms with E-state index in [0.717, 1.165) is 29.0 Å². The quantitative estimate of drug-likeness (QED) is 0.807.